The van der Waals surface area contributed by atoms with Crippen molar-refractivity contribution in [2.24, 2.45) is 0 Å². The summed E-state index contributed by atoms with van der Waals surface area (Å²) in [5.74, 6) is -0.897. The number of aromatic nitrogens is 2. The van der Waals surface area contributed by atoms with Crippen molar-refractivity contribution in [3.05, 3.63) is 53.4 Å². The van der Waals surface area contributed by atoms with E-state index in [0.29, 0.717) is 0 Å². The number of hydrogen-bond acceptors (Lipinski definition) is 4. The van der Waals surface area contributed by atoms with Gasteiger partial charge in [-0.05, 0) is 59.8 Å². The Hall–Kier alpha value is -2.89. The largest absolute Gasteiger partial charge is 0.449 e. The molecule has 0 saturated heterocycles. The summed E-state index contributed by atoms with van der Waals surface area (Å²) in [5.41, 5.74) is 3.14. The quantitative estimate of drug-likeness (QED) is 0.648. The smallest absolute Gasteiger partial charge is 0.331 e. The first-order valence-corrected chi connectivity index (χ1v) is 8.91. The molecular weight excluding hydrogens is 342 g/mol. The van der Waals surface area contributed by atoms with Crippen molar-refractivity contribution in [1.82, 2.24) is 15.1 Å². The molecule has 0 spiro atoms. The Morgan fingerprint density at radius 2 is 1.81 bits per heavy atom. The van der Waals surface area contributed by atoms with E-state index in [4.69, 9.17) is 4.74 Å². The zero-order valence-corrected chi connectivity index (χ0v) is 16.7. The predicted molar refractivity (Wildman–Crippen MR) is 106 cm³/mol. The maximum Gasteiger partial charge on any atom is 0.331 e. The second-order valence-corrected chi connectivity index (χ2v) is 7.48. The molecular formula is C21H27N3O3. The van der Waals surface area contributed by atoms with Crippen LogP contribution in [0.5, 0.6) is 0 Å². The molecule has 2 aromatic rings. The van der Waals surface area contributed by atoms with Gasteiger partial charge in [0.1, 0.15) is 0 Å². The highest BCUT2D eigenvalue weighted by molar-refractivity contribution is 5.90. The lowest BCUT2D eigenvalue weighted by atomic mass is 10.1. The molecule has 6 nitrogen and oxygen atoms in total. The first-order valence-electron chi connectivity index (χ1n) is 8.91. The molecule has 0 bridgehead atoms. The molecule has 1 heterocycles. The fraction of sp³-hybridized carbons (Fsp3) is 0.381. The summed E-state index contributed by atoms with van der Waals surface area (Å²) in [4.78, 5) is 24.1. The highest BCUT2D eigenvalue weighted by Gasteiger charge is 2.21. The lowest BCUT2D eigenvalue weighted by molar-refractivity contribution is -0.150. The number of esters is 1. The van der Waals surface area contributed by atoms with Crippen molar-refractivity contribution in [3.8, 4) is 5.69 Å². The Morgan fingerprint density at radius 1 is 1.19 bits per heavy atom. The molecule has 1 N–H and O–H groups in total. The average Bonchev–Trinajstić information content (AvgIpc) is 2.86. The molecule has 0 aliphatic heterocycles. The van der Waals surface area contributed by atoms with Crippen LogP contribution in [0.2, 0.25) is 0 Å². The van der Waals surface area contributed by atoms with E-state index in [9.17, 15) is 9.59 Å². The van der Waals surface area contributed by atoms with Crippen LogP contribution in [0.3, 0.4) is 0 Å². The molecule has 6 heteroatoms. The van der Waals surface area contributed by atoms with E-state index in [1.54, 1.807) is 13.0 Å². The van der Waals surface area contributed by atoms with Gasteiger partial charge in [0.2, 0.25) is 0 Å². The number of ether oxygens (including phenoxy) is 1. The van der Waals surface area contributed by atoms with E-state index < -0.39 is 12.1 Å². The summed E-state index contributed by atoms with van der Waals surface area (Å²) >= 11 is 0. The number of hydrogen-bond donors (Lipinski definition) is 1. The summed E-state index contributed by atoms with van der Waals surface area (Å²) in [5, 5.41) is 7.32. The molecule has 2 rings (SSSR count). The topological polar surface area (TPSA) is 73.2 Å². The third-order valence-corrected chi connectivity index (χ3v) is 3.89. The number of nitrogens with zero attached hydrogens (tertiary/aromatic N) is 2. The van der Waals surface area contributed by atoms with Crippen molar-refractivity contribution >= 4 is 18.0 Å². The molecule has 0 aliphatic carbocycles. The molecule has 1 aromatic carbocycles. The zero-order chi connectivity index (χ0) is 20.2. The average molecular weight is 369 g/mol. The second kappa shape index (κ2) is 8.20. The Kier molecular flexibility index (Phi) is 6.20. The SMILES string of the molecule is Cc1nn(-c2ccccc2)c(C)c1/C=C/C(=O)O[C@H](C)C(=O)NC(C)(C)C. The Morgan fingerprint density at radius 3 is 2.41 bits per heavy atom. The number of para-hydroxylation sites is 1. The number of amides is 1. The summed E-state index contributed by atoms with van der Waals surface area (Å²) in [6.45, 7) is 11.0. The van der Waals surface area contributed by atoms with E-state index in [2.05, 4.69) is 10.4 Å². The minimum absolute atomic E-state index is 0.325. The van der Waals surface area contributed by atoms with Crippen LogP contribution < -0.4 is 5.32 Å². The van der Waals surface area contributed by atoms with Crippen LogP contribution >= 0.6 is 0 Å². The van der Waals surface area contributed by atoms with Gasteiger partial charge in [0.25, 0.3) is 5.91 Å². The molecule has 0 saturated carbocycles. The number of nitrogens with one attached hydrogen (secondary N) is 1. The number of carbonyl (C=O) groups excluding carboxylic acids is 2. The highest BCUT2D eigenvalue weighted by atomic mass is 16.5. The minimum Gasteiger partial charge on any atom is -0.449 e. The minimum atomic E-state index is -0.865. The predicted octanol–water partition coefficient (Wildman–Crippen LogP) is 3.35. The number of carbonyl (C=O) groups is 2. The van der Waals surface area contributed by atoms with Crippen LogP contribution in [0.15, 0.2) is 36.4 Å². The van der Waals surface area contributed by atoms with Gasteiger partial charge in [-0.2, -0.15) is 5.10 Å². The fourth-order valence-electron chi connectivity index (χ4n) is 2.61. The van der Waals surface area contributed by atoms with E-state index >= 15 is 0 Å². The normalized spacial score (nSPS) is 12.8. The monoisotopic (exact) mass is 369 g/mol. The lowest BCUT2D eigenvalue weighted by Gasteiger charge is -2.22. The van der Waals surface area contributed by atoms with Crippen LogP contribution in [0.25, 0.3) is 11.8 Å². The third kappa shape index (κ3) is 5.54. The van der Waals surface area contributed by atoms with E-state index in [1.165, 1.54) is 6.08 Å². The maximum atomic E-state index is 12.1. The fourth-order valence-corrected chi connectivity index (χ4v) is 2.61. The van der Waals surface area contributed by atoms with Crippen molar-refractivity contribution in [2.45, 2.75) is 53.2 Å². The van der Waals surface area contributed by atoms with Crippen LogP contribution in [-0.2, 0) is 14.3 Å². The molecule has 27 heavy (non-hydrogen) atoms. The second-order valence-electron chi connectivity index (χ2n) is 7.48. The van der Waals surface area contributed by atoms with Gasteiger partial charge in [-0.1, -0.05) is 18.2 Å². The van der Waals surface area contributed by atoms with Gasteiger partial charge in [0, 0.05) is 22.9 Å². The molecule has 0 fully saturated rings. The molecule has 144 valence electrons. The summed E-state index contributed by atoms with van der Waals surface area (Å²) in [6.07, 6.45) is 2.14. The van der Waals surface area contributed by atoms with Crippen molar-refractivity contribution in [2.75, 3.05) is 0 Å². The summed E-state index contributed by atoms with van der Waals surface area (Å²) in [7, 11) is 0. The first-order chi connectivity index (χ1) is 12.6. The Bertz CT molecular complexity index is 846. The molecule has 0 unspecified atom stereocenters. The van der Waals surface area contributed by atoms with Gasteiger partial charge in [-0.15, -0.1) is 0 Å². The molecule has 1 amide bonds. The van der Waals surface area contributed by atoms with Gasteiger partial charge < -0.3 is 10.1 Å². The van der Waals surface area contributed by atoms with Crippen LogP contribution in [-0.4, -0.2) is 33.3 Å². The van der Waals surface area contributed by atoms with Gasteiger partial charge in [-0.25, -0.2) is 9.48 Å². The summed E-state index contributed by atoms with van der Waals surface area (Å²) < 4.78 is 7.02. The molecule has 0 aliphatic rings. The van der Waals surface area contributed by atoms with E-state index in [0.717, 1.165) is 22.6 Å². The number of aryl methyl sites for hydroxylation is 1. The number of benzene rings is 1. The third-order valence-electron chi connectivity index (χ3n) is 3.89. The van der Waals surface area contributed by atoms with Gasteiger partial charge >= 0.3 is 5.97 Å². The van der Waals surface area contributed by atoms with Crippen molar-refractivity contribution in [1.29, 1.82) is 0 Å². The summed E-state index contributed by atoms with van der Waals surface area (Å²) in [6, 6.07) is 9.78. The van der Waals surface area contributed by atoms with Crippen LogP contribution in [0.4, 0.5) is 0 Å². The van der Waals surface area contributed by atoms with Gasteiger partial charge in [-0.3, -0.25) is 4.79 Å². The van der Waals surface area contributed by atoms with Crippen molar-refractivity contribution < 1.29 is 14.3 Å². The van der Waals surface area contributed by atoms with E-state index in [1.807, 2.05) is 69.6 Å². The Labute approximate surface area is 160 Å². The molecule has 0 radical (unpaired) electrons. The van der Waals surface area contributed by atoms with Crippen LogP contribution in [0, 0.1) is 13.8 Å². The van der Waals surface area contributed by atoms with E-state index in [-0.39, 0.29) is 11.4 Å². The highest BCUT2D eigenvalue weighted by Crippen LogP contribution is 2.19. The standard InChI is InChI=1S/C21H27N3O3/c1-14-18(15(2)24(23-14)17-10-8-7-9-11-17)12-13-19(25)27-16(3)20(26)22-21(4,5)6/h7-13,16H,1-6H3,(H,22,26)/b13-12+/t16-/m1/s1. The first kappa shape index (κ1) is 20.4. The number of rotatable bonds is 5. The lowest BCUT2D eigenvalue weighted by Crippen LogP contribution is -2.46. The Balaban J connectivity index is 2.09. The molecule has 1 aromatic heterocycles. The van der Waals surface area contributed by atoms with Crippen LogP contribution in [0.1, 0.15) is 44.6 Å². The van der Waals surface area contributed by atoms with Crippen molar-refractivity contribution in [3.63, 3.8) is 0 Å². The zero-order valence-electron chi connectivity index (χ0n) is 16.7. The van der Waals surface area contributed by atoms with Gasteiger partial charge in [0.15, 0.2) is 6.10 Å². The molecule has 1 atom stereocenters. The maximum absolute atomic E-state index is 12.1. The van der Waals surface area contributed by atoms with Gasteiger partial charge in [0.05, 0.1) is 11.4 Å².